The summed E-state index contributed by atoms with van der Waals surface area (Å²) in [6.45, 7) is -0.825. The van der Waals surface area contributed by atoms with Gasteiger partial charge in [-0.25, -0.2) is 18.4 Å². The first kappa shape index (κ1) is 17.9. The van der Waals surface area contributed by atoms with Crippen LogP contribution in [0, 0.1) is 5.82 Å². The average Bonchev–Trinajstić information content (AvgIpc) is 2.90. The number of nitrogens with zero attached hydrogens (tertiary/aromatic N) is 1. The monoisotopic (exact) mass is 362 g/mol. The summed E-state index contributed by atoms with van der Waals surface area (Å²) in [5.74, 6) is -3.02. The molecule has 0 aromatic heterocycles. The van der Waals surface area contributed by atoms with Crippen molar-refractivity contribution in [2.45, 2.75) is 25.2 Å². The second kappa shape index (κ2) is 7.00. The predicted octanol–water partition coefficient (Wildman–Crippen LogP) is 1.88. The van der Waals surface area contributed by atoms with E-state index in [4.69, 9.17) is 21.8 Å². The summed E-state index contributed by atoms with van der Waals surface area (Å²) in [7, 11) is 0. The predicted molar refractivity (Wildman–Crippen MR) is 78.2 cm³/mol. The third-order valence-electron chi connectivity index (χ3n) is 3.60. The molecule has 0 unspecified atom stereocenters. The first-order valence-corrected chi connectivity index (χ1v) is 7.21. The highest BCUT2D eigenvalue weighted by atomic mass is 35.5. The van der Waals surface area contributed by atoms with Gasteiger partial charge < -0.3 is 15.5 Å². The molecule has 7 nitrogen and oxygen atoms in total. The molecule has 1 aromatic rings. The van der Waals surface area contributed by atoms with Crippen molar-refractivity contribution in [1.29, 1.82) is 0 Å². The SMILES string of the molecule is O=C(O)c1cc(Cl)c(F)c(CNC(=O)[C@@H]2C[C@@H](F)CN2C(=O)O)c1. The smallest absolute Gasteiger partial charge is 0.408 e. The third kappa shape index (κ3) is 3.73. The van der Waals surface area contributed by atoms with Gasteiger partial charge in [0, 0.05) is 18.5 Å². The Labute approximate surface area is 139 Å². The highest BCUT2D eigenvalue weighted by Gasteiger charge is 2.39. The Morgan fingerprint density at radius 2 is 2.00 bits per heavy atom. The summed E-state index contributed by atoms with van der Waals surface area (Å²) in [5.41, 5.74) is -0.438. The molecule has 130 valence electrons. The lowest BCUT2D eigenvalue weighted by Crippen LogP contribution is -2.45. The zero-order chi connectivity index (χ0) is 18.0. The molecule has 0 spiro atoms. The molecule has 1 heterocycles. The molecule has 1 aliphatic heterocycles. The Bertz CT molecular complexity index is 700. The van der Waals surface area contributed by atoms with E-state index in [1.54, 1.807) is 0 Å². The van der Waals surface area contributed by atoms with E-state index in [1.165, 1.54) is 0 Å². The van der Waals surface area contributed by atoms with Crippen molar-refractivity contribution >= 4 is 29.6 Å². The van der Waals surface area contributed by atoms with E-state index in [0.29, 0.717) is 4.90 Å². The normalized spacial score (nSPS) is 20.0. The Morgan fingerprint density at radius 3 is 2.58 bits per heavy atom. The molecule has 10 heteroatoms. The van der Waals surface area contributed by atoms with Gasteiger partial charge >= 0.3 is 12.1 Å². The molecule has 1 fully saturated rings. The van der Waals surface area contributed by atoms with Gasteiger partial charge in [-0.05, 0) is 12.1 Å². The Kier molecular flexibility index (Phi) is 5.23. The van der Waals surface area contributed by atoms with Gasteiger partial charge in [-0.2, -0.15) is 0 Å². The van der Waals surface area contributed by atoms with Crippen LogP contribution in [0.1, 0.15) is 22.3 Å². The molecular formula is C14H13ClF2N2O5. The summed E-state index contributed by atoms with van der Waals surface area (Å²) in [6.07, 6.45) is -3.19. The highest BCUT2D eigenvalue weighted by molar-refractivity contribution is 6.31. The number of carboxylic acids is 1. The minimum Gasteiger partial charge on any atom is -0.478 e. The lowest BCUT2D eigenvalue weighted by Gasteiger charge is -2.20. The Morgan fingerprint density at radius 1 is 1.33 bits per heavy atom. The van der Waals surface area contributed by atoms with Gasteiger partial charge in [0.05, 0.1) is 17.1 Å². The minimum absolute atomic E-state index is 0.176. The number of aromatic carboxylic acids is 1. The molecule has 1 aliphatic rings. The number of likely N-dealkylation sites (tertiary alicyclic amines) is 1. The third-order valence-corrected chi connectivity index (χ3v) is 3.88. The van der Waals surface area contributed by atoms with Gasteiger partial charge in [-0.1, -0.05) is 11.6 Å². The number of benzene rings is 1. The summed E-state index contributed by atoms with van der Waals surface area (Å²) < 4.78 is 27.2. The zero-order valence-corrected chi connectivity index (χ0v) is 12.9. The first-order chi connectivity index (χ1) is 11.2. The molecular weight excluding hydrogens is 350 g/mol. The van der Waals surface area contributed by atoms with E-state index < -0.39 is 54.1 Å². The van der Waals surface area contributed by atoms with Crippen LogP contribution in [0.4, 0.5) is 13.6 Å². The van der Waals surface area contributed by atoms with Crippen molar-refractivity contribution in [3.8, 4) is 0 Å². The zero-order valence-electron chi connectivity index (χ0n) is 12.1. The van der Waals surface area contributed by atoms with Crippen LogP contribution in [0.15, 0.2) is 12.1 Å². The molecule has 3 N–H and O–H groups in total. The largest absolute Gasteiger partial charge is 0.478 e. The molecule has 2 rings (SSSR count). The van der Waals surface area contributed by atoms with E-state index >= 15 is 0 Å². The van der Waals surface area contributed by atoms with Gasteiger partial charge in [0.15, 0.2) is 0 Å². The Balaban J connectivity index is 2.12. The molecule has 0 aliphatic carbocycles. The van der Waals surface area contributed by atoms with Crippen molar-refractivity contribution in [3.63, 3.8) is 0 Å². The van der Waals surface area contributed by atoms with Crippen molar-refractivity contribution in [2.24, 2.45) is 0 Å². The number of alkyl halides is 1. The van der Waals surface area contributed by atoms with Crippen LogP contribution >= 0.6 is 11.6 Å². The molecule has 0 radical (unpaired) electrons. The fourth-order valence-electron chi connectivity index (χ4n) is 2.44. The number of nitrogens with one attached hydrogen (secondary N) is 1. The van der Waals surface area contributed by atoms with E-state index in [2.05, 4.69) is 5.32 Å². The number of amides is 2. The van der Waals surface area contributed by atoms with E-state index in [9.17, 15) is 23.2 Å². The van der Waals surface area contributed by atoms with Crippen LogP contribution in [-0.4, -0.2) is 51.8 Å². The molecule has 2 atom stereocenters. The van der Waals surface area contributed by atoms with Crippen LogP contribution in [0.25, 0.3) is 0 Å². The molecule has 1 saturated heterocycles. The summed E-state index contributed by atoms with van der Waals surface area (Å²) in [5, 5.41) is 19.7. The number of carbonyl (C=O) groups excluding carboxylic acids is 1. The van der Waals surface area contributed by atoms with Crippen LogP contribution in [0.5, 0.6) is 0 Å². The lowest BCUT2D eigenvalue weighted by atomic mass is 10.1. The summed E-state index contributed by atoms with van der Waals surface area (Å²) >= 11 is 5.60. The first-order valence-electron chi connectivity index (χ1n) is 6.83. The maximum absolute atomic E-state index is 13.9. The van der Waals surface area contributed by atoms with Crippen LogP contribution in [0.3, 0.4) is 0 Å². The van der Waals surface area contributed by atoms with Crippen LogP contribution in [-0.2, 0) is 11.3 Å². The van der Waals surface area contributed by atoms with Crippen molar-refractivity contribution in [2.75, 3.05) is 6.54 Å². The number of hydrogen-bond donors (Lipinski definition) is 3. The van der Waals surface area contributed by atoms with Crippen LogP contribution in [0.2, 0.25) is 5.02 Å². The summed E-state index contributed by atoms with van der Waals surface area (Å²) in [4.78, 5) is 34.6. The van der Waals surface area contributed by atoms with Gasteiger partial charge in [0.25, 0.3) is 0 Å². The van der Waals surface area contributed by atoms with Gasteiger partial charge in [-0.3, -0.25) is 9.69 Å². The summed E-state index contributed by atoms with van der Waals surface area (Å²) in [6, 6.07) is 0.714. The van der Waals surface area contributed by atoms with Gasteiger partial charge in [0.2, 0.25) is 5.91 Å². The minimum atomic E-state index is -1.46. The molecule has 2 amide bonds. The molecule has 1 aromatic carbocycles. The molecule has 24 heavy (non-hydrogen) atoms. The fourth-order valence-corrected chi connectivity index (χ4v) is 2.68. The second-order valence-electron chi connectivity index (χ2n) is 5.24. The molecule has 0 bridgehead atoms. The second-order valence-corrected chi connectivity index (χ2v) is 5.65. The topological polar surface area (TPSA) is 107 Å². The van der Waals surface area contributed by atoms with E-state index in [1.807, 2.05) is 0 Å². The van der Waals surface area contributed by atoms with Gasteiger partial charge in [0.1, 0.15) is 18.0 Å². The highest BCUT2D eigenvalue weighted by Crippen LogP contribution is 2.23. The van der Waals surface area contributed by atoms with Crippen molar-refractivity contribution < 1.29 is 33.4 Å². The number of hydrogen-bond acceptors (Lipinski definition) is 3. The van der Waals surface area contributed by atoms with Crippen LogP contribution < -0.4 is 5.32 Å². The number of halogens is 3. The average molecular weight is 363 g/mol. The lowest BCUT2D eigenvalue weighted by molar-refractivity contribution is -0.125. The van der Waals surface area contributed by atoms with Crippen molar-refractivity contribution in [1.82, 2.24) is 10.2 Å². The number of carbonyl (C=O) groups is 3. The van der Waals surface area contributed by atoms with Gasteiger partial charge in [-0.15, -0.1) is 0 Å². The number of rotatable bonds is 4. The maximum Gasteiger partial charge on any atom is 0.408 e. The maximum atomic E-state index is 13.9. The molecule has 0 saturated carbocycles. The number of carboxylic acid groups (broad SMARTS) is 2. The van der Waals surface area contributed by atoms with Crippen molar-refractivity contribution in [3.05, 3.63) is 34.1 Å². The fraction of sp³-hybridized carbons (Fsp3) is 0.357. The van der Waals surface area contributed by atoms with E-state index in [-0.39, 0.29) is 17.5 Å². The quantitative estimate of drug-likeness (QED) is 0.758. The van der Waals surface area contributed by atoms with E-state index in [0.717, 1.165) is 12.1 Å². The standard InChI is InChI=1S/C14H13ClF2N2O5/c15-9-2-6(13(21)22)1-7(11(9)17)4-18-12(20)10-3-8(16)5-19(10)14(23)24/h1-2,8,10H,3-5H2,(H,18,20)(H,21,22)(H,23,24)/t8-,10+/m1/s1. The Hall–Kier alpha value is -2.42.